The van der Waals surface area contributed by atoms with Crippen molar-refractivity contribution < 1.29 is 19.5 Å². The second-order valence-corrected chi connectivity index (χ2v) is 5.27. The third kappa shape index (κ3) is 3.81. The average Bonchev–Trinajstić information content (AvgIpc) is 2.35. The first kappa shape index (κ1) is 13.6. The maximum atomic E-state index is 11.9. The van der Waals surface area contributed by atoms with E-state index in [9.17, 15) is 14.4 Å². The molecule has 1 heterocycles. The molecule has 2 unspecified atom stereocenters. The number of aliphatic carboxylic acids is 1. The van der Waals surface area contributed by atoms with E-state index < -0.39 is 17.9 Å². The summed E-state index contributed by atoms with van der Waals surface area (Å²) >= 11 is 0. The molecule has 104 valence electrons. The number of nitrogens with one attached hydrogen (secondary N) is 1. The van der Waals surface area contributed by atoms with Crippen LogP contribution in [0.15, 0.2) is 12.2 Å². The summed E-state index contributed by atoms with van der Waals surface area (Å²) < 4.78 is 0. The van der Waals surface area contributed by atoms with Crippen LogP contribution < -0.4 is 5.32 Å². The largest absolute Gasteiger partial charge is 0.478 e. The van der Waals surface area contributed by atoms with Gasteiger partial charge in [0.15, 0.2) is 0 Å². The van der Waals surface area contributed by atoms with E-state index in [2.05, 4.69) is 5.32 Å². The smallest absolute Gasteiger partial charge is 0.328 e. The zero-order valence-electron chi connectivity index (χ0n) is 10.7. The lowest BCUT2D eigenvalue weighted by Crippen LogP contribution is -2.50. The molecule has 0 aromatic carbocycles. The molecule has 2 N–H and O–H groups in total. The summed E-state index contributed by atoms with van der Waals surface area (Å²) in [5, 5.41) is 10.6. The van der Waals surface area contributed by atoms with Crippen LogP contribution in [0.2, 0.25) is 0 Å². The summed E-state index contributed by atoms with van der Waals surface area (Å²) in [4.78, 5) is 35.2. The lowest BCUT2D eigenvalue weighted by Gasteiger charge is -2.41. The average molecular weight is 266 g/mol. The van der Waals surface area contributed by atoms with Gasteiger partial charge in [-0.3, -0.25) is 10.1 Å². The molecule has 0 radical (unpaired) electrons. The lowest BCUT2D eigenvalue weighted by atomic mass is 9.78. The minimum Gasteiger partial charge on any atom is -0.478 e. The third-order valence-corrected chi connectivity index (χ3v) is 3.74. The fraction of sp³-hybridized carbons (Fsp3) is 0.615. The molecule has 0 aromatic heterocycles. The molecule has 6 nitrogen and oxygen atoms in total. The van der Waals surface area contributed by atoms with Crippen molar-refractivity contribution in [1.82, 2.24) is 10.2 Å². The Balaban J connectivity index is 1.86. The van der Waals surface area contributed by atoms with Crippen LogP contribution in [0.4, 0.5) is 4.79 Å². The van der Waals surface area contributed by atoms with Gasteiger partial charge in [0.2, 0.25) is 0 Å². The van der Waals surface area contributed by atoms with Crippen molar-refractivity contribution in [1.29, 1.82) is 0 Å². The maximum absolute atomic E-state index is 11.9. The molecule has 1 saturated heterocycles. The number of carboxylic acids is 1. The quantitative estimate of drug-likeness (QED) is 0.729. The van der Waals surface area contributed by atoms with Crippen molar-refractivity contribution >= 4 is 17.9 Å². The molecule has 3 amide bonds. The van der Waals surface area contributed by atoms with Crippen LogP contribution in [0.3, 0.4) is 0 Å². The number of hydrogen-bond acceptors (Lipinski definition) is 3. The molecule has 2 fully saturated rings. The number of amides is 3. The summed E-state index contributed by atoms with van der Waals surface area (Å²) in [6, 6.07) is -0.420. The van der Waals surface area contributed by atoms with E-state index in [-0.39, 0.29) is 0 Å². The number of piperidine rings is 1. The van der Waals surface area contributed by atoms with Gasteiger partial charge in [0.05, 0.1) is 0 Å². The highest BCUT2D eigenvalue weighted by atomic mass is 16.4. The predicted octanol–water partition coefficient (Wildman–Crippen LogP) is 0.985. The summed E-state index contributed by atoms with van der Waals surface area (Å²) in [6.45, 7) is 1.39. The Hall–Kier alpha value is -1.85. The summed E-state index contributed by atoms with van der Waals surface area (Å²) in [6.07, 6.45) is 6.26. The fourth-order valence-corrected chi connectivity index (χ4v) is 2.97. The van der Waals surface area contributed by atoms with Crippen molar-refractivity contribution in [3.8, 4) is 0 Å². The maximum Gasteiger partial charge on any atom is 0.328 e. The highest BCUT2D eigenvalue weighted by Gasteiger charge is 2.32. The standard InChI is InChI=1S/C13H18N2O4/c16-11(4-5-12(17)18)14-13(19)15-7-9-2-1-3-10(6-9)8-15/h4-5,9-10H,1-3,6-8H2,(H,17,18)(H,14,16,19)/b5-4+. The lowest BCUT2D eigenvalue weighted by molar-refractivity contribution is -0.131. The number of fused-ring (bicyclic) bond motifs is 2. The van der Waals surface area contributed by atoms with Crippen LogP contribution in [0, 0.1) is 11.8 Å². The molecule has 2 atom stereocenters. The summed E-state index contributed by atoms with van der Waals surface area (Å²) in [5.41, 5.74) is 0. The molecule has 0 spiro atoms. The topological polar surface area (TPSA) is 86.7 Å². The van der Waals surface area contributed by atoms with Gasteiger partial charge in [-0.05, 0) is 31.1 Å². The molecule has 6 heteroatoms. The van der Waals surface area contributed by atoms with Gasteiger partial charge in [-0.15, -0.1) is 0 Å². The van der Waals surface area contributed by atoms with Crippen LogP contribution in [0.1, 0.15) is 25.7 Å². The second kappa shape index (κ2) is 5.86. The first-order chi connectivity index (χ1) is 9.04. The first-order valence-electron chi connectivity index (χ1n) is 6.55. The molecule has 1 aliphatic carbocycles. The predicted molar refractivity (Wildman–Crippen MR) is 67.3 cm³/mol. The molecular weight excluding hydrogens is 248 g/mol. The number of carboxylic acid groups (broad SMARTS) is 1. The number of imide groups is 1. The van der Waals surface area contributed by atoms with Gasteiger partial charge in [-0.1, -0.05) is 6.42 Å². The van der Waals surface area contributed by atoms with Crippen LogP contribution in [0.5, 0.6) is 0 Å². The Morgan fingerprint density at radius 1 is 1.11 bits per heavy atom. The van der Waals surface area contributed by atoms with Crippen LogP contribution in [0.25, 0.3) is 0 Å². The van der Waals surface area contributed by atoms with E-state index >= 15 is 0 Å². The number of rotatable bonds is 2. The third-order valence-electron chi connectivity index (χ3n) is 3.74. The van der Waals surface area contributed by atoms with Crippen molar-refractivity contribution in [3.05, 3.63) is 12.2 Å². The Morgan fingerprint density at radius 2 is 1.74 bits per heavy atom. The minimum absolute atomic E-state index is 0.420. The summed E-state index contributed by atoms with van der Waals surface area (Å²) in [5.74, 6) is -0.816. The number of likely N-dealkylation sites (tertiary alicyclic amines) is 1. The van der Waals surface area contributed by atoms with E-state index in [1.54, 1.807) is 4.90 Å². The van der Waals surface area contributed by atoms with Gasteiger partial charge in [-0.2, -0.15) is 0 Å². The second-order valence-electron chi connectivity index (χ2n) is 5.27. The number of carbonyl (C=O) groups is 3. The minimum atomic E-state index is -1.21. The van der Waals surface area contributed by atoms with Gasteiger partial charge >= 0.3 is 12.0 Å². The highest BCUT2D eigenvalue weighted by molar-refractivity contribution is 6.02. The van der Waals surface area contributed by atoms with Gasteiger partial charge in [-0.25, -0.2) is 9.59 Å². The number of nitrogens with zero attached hydrogens (tertiary/aromatic N) is 1. The Bertz CT molecular complexity index is 407. The highest BCUT2D eigenvalue weighted by Crippen LogP contribution is 2.34. The van der Waals surface area contributed by atoms with Crippen molar-refractivity contribution in [2.24, 2.45) is 11.8 Å². The number of carbonyl (C=O) groups excluding carboxylic acids is 2. The Morgan fingerprint density at radius 3 is 2.32 bits per heavy atom. The molecule has 2 aliphatic rings. The van der Waals surface area contributed by atoms with Crippen molar-refractivity contribution in [3.63, 3.8) is 0 Å². The first-order valence-corrected chi connectivity index (χ1v) is 6.55. The Kier molecular flexibility index (Phi) is 4.19. The molecular formula is C13H18N2O4. The van der Waals surface area contributed by atoms with Crippen molar-refractivity contribution in [2.45, 2.75) is 25.7 Å². The van der Waals surface area contributed by atoms with E-state index in [0.29, 0.717) is 31.0 Å². The van der Waals surface area contributed by atoms with Gasteiger partial charge in [0, 0.05) is 25.2 Å². The molecule has 1 saturated carbocycles. The SMILES string of the molecule is O=C(O)/C=C/C(=O)NC(=O)N1CC2CCCC(C2)C1. The normalized spacial score (nSPS) is 26.2. The van der Waals surface area contributed by atoms with Crippen molar-refractivity contribution in [2.75, 3.05) is 13.1 Å². The zero-order chi connectivity index (χ0) is 13.8. The fourth-order valence-electron chi connectivity index (χ4n) is 2.97. The zero-order valence-corrected chi connectivity index (χ0v) is 10.7. The van der Waals surface area contributed by atoms with Gasteiger partial charge in [0.25, 0.3) is 5.91 Å². The van der Waals surface area contributed by atoms with Gasteiger partial charge in [0.1, 0.15) is 0 Å². The molecule has 1 aliphatic heterocycles. The van der Waals surface area contributed by atoms with E-state index in [1.165, 1.54) is 12.8 Å². The monoisotopic (exact) mass is 266 g/mol. The van der Waals surface area contributed by atoms with Crippen LogP contribution >= 0.6 is 0 Å². The number of urea groups is 1. The van der Waals surface area contributed by atoms with E-state index in [0.717, 1.165) is 18.9 Å². The molecule has 2 bridgehead atoms. The van der Waals surface area contributed by atoms with Gasteiger partial charge < -0.3 is 10.0 Å². The van der Waals surface area contributed by atoms with E-state index in [4.69, 9.17) is 5.11 Å². The molecule has 0 aromatic rings. The van der Waals surface area contributed by atoms with Crippen LogP contribution in [-0.4, -0.2) is 41.0 Å². The summed E-state index contributed by atoms with van der Waals surface area (Å²) in [7, 11) is 0. The van der Waals surface area contributed by atoms with Crippen LogP contribution in [-0.2, 0) is 9.59 Å². The van der Waals surface area contributed by atoms with E-state index in [1.807, 2.05) is 0 Å². The Labute approximate surface area is 111 Å². The molecule has 2 rings (SSSR count). The molecule has 19 heavy (non-hydrogen) atoms. The number of hydrogen-bond donors (Lipinski definition) is 2.